The van der Waals surface area contributed by atoms with E-state index in [1.54, 1.807) is 0 Å². The Bertz CT molecular complexity index is 692. The van der Waals surface area contributed by atoms with Crippen LogP contribution in [0.15, 0.2) is 29.6 Å². The van der Waals surface area contributed by atoms with Gasteiger partial charge in [0.25, 0.3) is 5.91 Å². The predicted octanol–water partition coefficient (Wildman–Crippen LogP) is 2.51. The zero-order chi connectivity index (χ0) is 15.7. The number of hydrogen-bond acceptors (Lipinski definition) is 2. The number of carbonyl (C=O) groups is 1. The minimum atomic E-state index is 0.106. The number of quaternary nitrogens is 1. The van der Waals surface area contributed by atoms with Gasteiger partial charge in [-0.05, 0) is 49.4 Å². The molecule has 0 fully saturated rings. The molecule has 2 aromatic rings. The molecule has 22 heavy (non-hydrogen) atoms. The molecule has 0 spiro atoms. The minimum Gasteiger partial charge on any atom is -0.321 e. The van der Waals surface area contributed by atoms with Crippen LogP contribution < -0.4 is 10.2 Å². The number of amides is 1. The molecular weight excluding hydrogens is 292 g/mol. The maximum Gasteiger partial charge on any atom is 0.279 e. The summed E-state index contributed by atoms with van der Waals surface area (Å²) in [7, 11) is 0. The van der Waals surface area contributed by atoms with Crippen molar-refractivity contribution in [1.29, 1.82) is 0 Å². The predicted molar refractivity (Wildman–Crippen MR) is 91.7 cm³/mol. The third-order valence-electron chi connectivity index (χ3n) is 4.80. The third-order valence-corrected chi connectivity index (χ3v) is 5.79. The Morgan fingerprint density at radius 1 is 1.36 bits per heavy atom. The maximum atomic E-state index is 12.4. The lowest BCUT2D eigenvalue weighted by Crippen LogP contribution is -3.14. The van der Waals surface area contributed by atoms with Crippen molar-refractivity contribution in [3.8, 4) is 0 Å². The van der Waals surface area contributed by atoms with Crippen LogP contribution in [0.3, 0.4) is 0 Å². The van der Waals surface area contributed by atoms with E-state index in [2.05, 4.69) is 43.6 Å². The van der Waals surface area contributed by atoms with E-state index in [0.717, 1.165) is 24.2 Å². The molecule has 0 radical (unpaired) electrons. The summed E-state index contributed by atoms with van der Waals surface area (Å²) >= 11 is 1.84. The Kier molecular flexibility index (Phi) is 4.32. The first-order valence-corrected chi connectivity index (χ1v) is 8.71. The van der Waals surface area contributed by atoms with Gasteiger partial charge < -0.3 is 10.2 Å². The van der Waals surface area contributed by atoms with Crippen LogP contribution in [0.1, 0.15) is 34.5 Å². The molecule has 116 valence electrons. The molecule has 1 aliphatic heterocycles. The molecule has 0 bridgehead atoms. The van der Waals surface area contributed by atoms with Gasteiger partial charge in [-0.15, -0.1) is 11.3 Å². The molecule has 1 amide bonds. The van der Waals surface area contributed by atoms with Crippen molar-refractivity contribution in [2.24, 2.45) is 0 Å². The van der Waals surface area contributed by atoms with Crippen molar-refractivity contribution < 1.29 is 9.69 Å². The average Bonchev–Trinajstić information content (AvgIpc) is 2.96. The van der Waals surface area contributed by atoms with Gasteiger partial charge in [0.05, 0.1) is 6.54 Å². The number of aryl methyl sites for hydroxylation is 1. The molecule has 2 N–H and O–H groups in total. The van der Waals surface area contributed by atoms with Crippen molar-refractivity contribution in [1.82, 2.24) is 0 Å². The Hall–Kier alpha value is -1.65. The molecule has 0 saturated carbocycles. The highest BCUT2D eigenvalue weighted by Gasteiger charge is 2.29. The molecule has 3 nitrogen and oxygen atoms in total. The van der Waals surface area contributed by atoms with Crippen LogP contribution in [0.2, 0.25) is 0 Å². The van der Waals surface area contributed by atoms with Crippen molar-refractivity contribution in [3.63, 3.8) is 0 Å². The summed E-state index contributed by atoms with van der Waals surface area (Å²) in [5.74, 6) is 0.106. The third kappa shape index (κ3) is 2.94. The van der Waals surface area contributed by atoms with Crippen LogP contribution in [0.25, 0.3) is 0 Å². The van der Waals surface area contributed by atoms with Crippen LogP contribution in [-0.2, 0) is 11.2 Å². The van der Waals surface area contributed by atoms with Crippen LogP contribution in [0.5, 0.6) is 0 Å². The summed E-state index contributed by atoms with van der Waals surface area (Å²) in [4.78, 5) is 15.3. The van der Waals surface area contributed by atoms with Crippen molar-refractivity contribution in [2.45, 2.75) is 33.2 Å². The molecule has 3 rings (SSSR count). The first kappa shape index (κ1) is 15.3. The lowest BCUT2D eigenvalue weighted by Gasteiger charge is -2.30. The summed E-state index contributed by atoms with van der Waals surface area (Å²) in [6.45, 7) is 7.92. The molecule has 1 aliphatic rings. The number of fused-ring (bicyclic) bond motifs is 1. The molecule has 1 aromatic carbocycles. The maximum absolute atomic E-state index is 12.4. The van der Waals surface area contributed by atoms with Crippen LogP contribution in [0, 0.1) is 13.8 Å². The number of anilines is 1. The number of hydrogen-bond donors (Lipinski definition) is 2. The molecule has 0 saturated heterocycles. The number of benzene rings is 1. The van der Waals surface area contributed by atoms with Crippen LogP contribution >= 0.6 is 11.3 Å². The van der Waals surface area contributed by atoms with Crippen molar-refractivity contribution >= 4 is 22.9 Å². The van der Waals surface area contributed by atoms with Gasteiger partial charge in [-0.2, -0.15) is 0 Å². The summed E-state index contributed by atoms with van der Waals surface area (Å²) in [6.07, 6.45) is 1.09. The lowest BCUT2D eigenvalue weighted by atomic mass is 10.0. The first-order chi connectivity index (χ1) is 10.6. The second-order valence-electron chi connectivity index (χ2n) is 6.15. The van der Waals surface area contributed by atoms with Crippen LogP contribution in [-0.4, -0.2) is 19.0 Å². The monoisotopic (exact) mass is 315 g/mol. The average molecular weight is 315 g/mol. The van der Waals surface area contributed by atoms with Gasteiger partial charge in [0.15, 0.2) is 6.54 Å². The molecule has 2 heterocycles. The molecule has 2 atom stereocenters. The lowest BCUT2D eigenvalue weighted by molar-refractivity contribution is -0.923. The van der Waals surface area contributed by atoms with Gasteiger partial charge in [0.2, 0.25) is 0 Å². The number of nitrogens with one attached hydrogen (secondary N) is 2. The SMILES string of the molecule is Cc1cccc(NC(=O)C[NH+]2CCc3sccc3[C@H]2C)c1C. The highest BCUT2D eigenvalue weighted by Crippen LogP contribution is 2.24. The van der Waals surface area contributed by atoms with E-state index in [1.165, 1.54) is 20.9 Å². The fraction of sp³-hybridized carbons (Fsp3) is 0.389. The summed E-state index contributed by atoms with van der Waals surface area (Å²) in [5.41, 5.74) is 4.72. The van der Waals surface area contributed by atoms with Gasteiger partial charge >= 0.3 is 0 Å². The summed E-state index contributed by atoms with van der Waals surface area (Å²) in [5, 5.41) is 5.25. The molecule has 4 heteroatoms. The minimum absolute atomic E-state index is 0.106. The van der Waals surface area contributed by atoms with Gasteiger partial charge in [-0.3, -0.25) is 4.79 Å². The van der Waals surface area contributed by atoms with Gasteiger partial charge in [-0.1, -0.05) is 12.1 Å². The molecule has 1 unspecified atom stereocenters. The normalized spacial score (nSPS) is 20.5. The molecular formula is C18H23N2OS+. The highest BCUT2D eigenvalue weighted by molar-refractivity contribution is 7.10. The Balaban J connectivity index is 1.67. The van der Waals surface area contributed by atoms with Crippen LogP contribution in [0.4, 0.5) is 5.69 Å². The second kappa shape index (κ2) is 6.23. The zero-order valence-corrected chi connectivity index (χ0v) is 14.2. The summed E-state index contributed by atoms with van der Waals surface area (Å²) in [6, 6.07) is 8.66. The Labute approximate surface area is 136 Å². The van der Waals surface area contributed by atoms with Crippen molar-refractivity contribution in [3.05, 3.63) is 51.2 Å². The summed E-state index contributed by atoms with van der Waals surface area (Å²) < 4.78 is 0. The first-order valence-electron chi connectivity index (χ1n) is 7.83. The zero-order valence-electron chi connectivity index (χ0n) is 13.4. The van der Waals surface area contributed by atoms with E-state index in [-0.39, 0.29) is 5.91 Å². The second-order valence-corrected chi connectivity index (χ2v) is 7.15. The number of thiophene rings is 1. The smallest absolute Gasteiger partial charge is 0.279 e. The van der Waals surface area contributed by atoms with E-state index in [1.807, 2.05) is 23.5 Å². The standard InChI is InChI=1S/C18H22N2OS/c1-12-5-4-6-16(13(12)2)19-18(21)11-20-9-7-17-15(14(20)3)8-10-22-17/h4-6,8,10,14H,7,9,11H2,1-3H3,(H,19,21)/p+1/t14-/m1/s1. The van der Waals surface area contributed by atoms with Gasteiger partial charge in [0, 0.05) is 22.5 Å². The quantitative estimate of drug-likeness (QED) is 0.896. The van der Waals surface area contributed by atoms with Gasteiger partial charge in [0.1, 0.15) is 6.04 Å². The fourth-order valence-corrected chi connectivity index (χ4v) is 4.16. The molecule has 0 aliphatic carbocycles. The van der Waals surface area contributed by atoms with E-state index in [4.69, 9.17) is 0 Å². The highest BCUT2D eigenvalue weighted by atomic mass is 32.1. The van der Waals surface area contributed by atoms with E-state index in [0.29, 0.717) is 12.6 Å². The van der Waals surface area contributed by atoms with Crippen molar-refractivity contribution in [2.75, 3.05) is 18.4 Å². The van der Waals surface area contributed by atoms with E-state index in [9.17, 15) is 4.79 Å². The number of rotatable bonds is 3. The number of carbonyl (C=O) groups excluding carboxylic acids is 1. The Morgan fingerprint density at radius 2 is 2.18 bits per heavy atom. The topological polar surface area (TPSA) is 33.5 Å². The molecule has 1 aromatic heterocycles. The van der Waals surface area contributed by atoms with E-state index < -0.39 is 0 Å². The van der Waals surface area contributed by atoms with E-state index >= 15 is 0 Å². The largest absolute Gasteiger partial charge is 0.321 e. The Morgan fingerprint density at radius 3 is 3.00 bits per heavy atom. The van der Waals surface area contributed by atoms with Gasteiger partial charge in [-0.25, -0.2) is 0 Å². The fourth-order valence-electron chi connectivity index (χ4n) is 3.18.